The molecule has 0 aliphatic carbocycles. The maximum atomic E-state index is 3.71. The van der Waals surface area contributed by atoms with Gasteiger partial charge in [-0.1, -0.05) is 18.7 Å². The predicted molar refractivity (Wildman–Crippen MR) is 62.0 cm³/mol. The Balaban J connectivity index is 3.19. The monoisotopic (exact) mass is 356 g/mol. The maximum absolute atomic E-state index is 3.71. The standard InChI is InChI=1S/C8H6I2/c1-2-6-3-4-7(9)5-8(6)10/h2-5H,1H2. The van der Waals surface area contributed by atoms with Crippen LogP contribution in [0.2, 0.25) is 0 Å². The molecule has 0 nitrogen and oxygen atoms in total. The summed E-state index contributed by atoms with van der Waals surface area (Å²) in [4.78, 5) is 0. The number of hydrogen-bond donors (Lipinski definition) is 0. The number of benzene rings is 1. The van der Waals surface area contributed by atoms with Crippen LogP contribution in [0.4, 0.5) is 0 Å². The van der Waals surface area contributed by atoms with Gasteiger partial charge in [-0.3, -0.25) is 0 Å². The minimum Gasteiger partial charge on any atom is -0.0984 e. The van der Waals surface area contributed by atoms with Crippen LogP contribution in [0.1, 0.15) is 5.56 Å². The Hall–Kier alpha value is 0.420. The van der Waals surface area contributed by atoms with E-state index in [-0.39, 0.29) is 0 Å². The van der Waals surface area contributed by atoms with Crippen molar-refractivity contribution in [2.75, 3.05) is 0 Å². The van der Waals surface area contributed by atoms with E-state index in [0.29, 0.717) is 0 Å². The van der Waals surface area contributed by atoms with Gasteiger partial charge >= 0.3 is 0 Å². The van der Waals surface area contributed by atoms with Crippen molar-refractivity contribution >= 4 is 51.3 Å². The van der Waals surface area contributed by atoms with Crippen LogP contribution < -0.4 is 0 Å². The van der Waals surface area contributed by atoms with Gasteiger partial charge in [0.25, 0.3) is 0 Å². The number of hydrogen-bond acceptors (Lipinski definition) is 0. The fourth-order valence-electron chi connectivity index (χ4n) is 0.667. The van der Waals surface area contributed by atoms with Crippen LogP contribution >= 0.6 is 45.2 Å². The molecule has 0 spiro atoms. The van der Waals surface area contributed by atoms with Crippen LogP contribution in [0.25, 0.3) is 6.08 Å². The highest BCUT2D eigenvalue weighted by atomic mass is 127. The van der Waals surface area contributed by atoms with Crippen molar-refractivity contribution in [3.63, 3.8) is 0 Å². The van der Waals surface area contributed by atoms with Crippen LogP contribution in [0.3, 0.4) is 0 Å². The van der Waals surface area contributed by atoms with Crippen molar-refractivity contribution in [1.29, 1.82) is 0 Å². The zero-order valence-electron chi connectivity index (χ0n) is 5.27. The van der Waals surface area contributed by atoms with E-state index >= 15 is 0 Å². The summed E-state index contributed by atoms with van der Waals surface area (Å²) in [5.74, 6) is 0. The zero-order chi connectivity index (χ0) is 7.56. The lowest BCUT2D eigenvalue weighted by Crippen LogP contribution is -1.79. The summed E-state index contributed by atoms with van der Waals surface area (Å²) in [6.45, 7) is 3.71. The molecule has 0 N–H and O–H groups in total. The van der Waals surface area contributed by atoms with E-state index in [4.69, 9.17) is 0 Å². The van der Waals surface area contributed by atoms with Gasteiger partial charge in [-0.05, 0) is 62.9 Å². The van der Waals surface area contributed by atoms with E-state index in [1.165, 1.54) is 12.7 Å². The molecule has 1 aromatic rings. The van der Waals surface area contributed by atoms with Gasteiger partial charge in [0.1, 0.15) is 0 Å². The van der Waals surface area contributed by atoms with Gasteiger partial charge in [0.2, 0.25) is 0 Å². The first-order chi connectivity index (χ1) is 4.74. The van der Waals surface area contributed by atoms with Crippen molar-refractivity contribution in [3.05, 3.63) is 37.5 Å². The van der Waals surface area contributed by atoms with E-state index in [9.17, 15) is 0 Å². The molecule has 10 heavy (non-hydrogen) atoms. The molecule has 0 bridgehead atoms. The van der Waals surface area contributed by atoms with Crippen molar-refractivity contribution < 1.29 is 0 Å². The minimum absolute atomic E-state index is 1.21. The van der Waals surface area contributed by atoms with Crippen LogP contribution in [-0.4, -0.2) is 0 Å². The lowest BCUT2D eigenvalue weighted by molar-refractivity contribution is 1.56. The highest BCUT2D eigenvalue weighted by Gasteiger charge is 1.93. The average molecular weight is 356 g/mol. The molecular weight excluding hydrogens is 350 g/mol. The van der Waals surface area contributed by atoms with E-state index in [1.807, 2.05) is 6.08 Å². The van der Waals surface area contributed by atoms with E-state index in [1.54, 1.807) is 0 Å². The van der Waals surface area contributed by atoms with Crippen LogP contribution in [0.15, 0.2) is 24.8 Å². The molecule has 0 amide bonds. The van der Waals surface area contributed by atoms with Crippen molar-refractivity contribution in [2.24, 2.45) is 0 Å². The van der Waals surface area contributed by atoms with Gasteiger partial charge in [0, 0.05) is 7.14 Å². The molecule has 2 heteroatoms. The fraction of sp³-hybridized carbons (Fsp3) is 0. The molecule has 0 saturated heterocycles. The van der Waals surface area contributed by atoms with Crippen molar-refractivity contribution in [2.45, 2.75) is 0 Å². The Morgan fingerprint density at radius 3 is 2.50 bits per heavy atom. The van der Waals surface area contributed by atoms with Crippen LogP contribution in [-0.2, 0) is 0 Å². The summed E-state index contributed by atoms with van der Waals surface area (Å²) in [6.07, 6.45) is 1.87. The quantitative estimate of drug-likeness (QED) is 0.676. The summed E-state index contributed by atoms with van der Waals surface area (Å²) in [5, 5.41) is 0. The molecule has 0 unspecified atom stereocenters. The Labute approximate surface area is 88.0 Å². The van der Waals surface area contributed by atoms with Crippen molar-refractivity contribution in [1.82, 2.24) is 0 Å². The maximum Gasteiger partial charge on any atom is 0.0213 e. The number of rotatable bonds is 1. The lowest BCUT2D eigenvalue weighted by Gasteiger charge is -1.96. The third-order valence-corrected chi connectivity index (χ3v) is 2.79. The molecule has 0 aliphatic rings. The summed E-state index contributed by atoms with van der Waals surface area (Å²) in [5.41, 5.74) is 1.21. The Bertz CT molecular complexity index is 253. The topological polar surface area (TPSA) is 0 Å². The molecule has 1 aromatic carbocycles. The SMILES string of the molecule is C=Cc1ccc(I)cc1I. The Morgan fingerprint density at radius 2 is 2.00 bits per heavy atom. The first-order valence-electron chi connectivity index (χ1n) is 2.81. The second-order valence-electron chi connectivity index (χ2n) is 1.87. The highest BCUT2D eigenvalue weighted by molar-refractivity contribution is 14.1. The van der Waals surface area contributed by atoms with Crippen molar-refractivity contribution in [3.8, 4) is 0 Å². The molecule has 0 atom stereocenters. The summed E-state index contributed by atoms with van der Waals surface area (Å²) < 4.78 is 2.53. The van der Waals surface area contributed by atoms with Gasteiger partial charge in [0.05, 0.1) is 0 Å². The minimum atomic E-state index is 1.21. The normalized spacial score (nSPS) is 9.40. The first kappa shape index (κ1) is 8.52. The zero-order valence-corrected chi connectivity index (χ0v) is 9.59. The van der Waals surface area contributed by atoms with Crippen LogP contribution in [0, 0.1) is 7.14 Å². The molecule has 0 radical (unpaired) electrons. The molecule has 0 aromatic heterocycles. The van der Waals surface area contributed by atoms with Gasteiger partial charge in [-0.2, -0.15) is 0 Å². The third kappa shape index (κ3) is 1.95. The third-order valence-electron chi connectivity index (χ3n) is 1.18. The van der Waals surface area contributed by atoms with Gasteiger partial charge in [-0.25, -0.2) is 0 Å². The molecular formula is C8H6I2. The molecule has 0 saturated carbocycles. The van der Waals surface area contributed by atoms with E-state index in [2.05, 4.69) is 70.0 Å². The van der Waals surface area contributed by atoms with Gasteiger partial charge < -0.3 is 0 Å². The molecule has 0 fully saturated rings. The second-order valence-corrected chi connectivity index (χ2v) is 4.28. The molecule has 0 heterocycles. The summed E-state index contributed by atoms with van der Waals surface area (Å²) in [7, 11) is 0. The smallest absolute Gasteiger partial charge is 0.0213 e. The molecule has 52 valence electrons. The largest absolute Gasteiger partial charge is 0.0984 e. The molecule has 1 rings (SSSR count). The van der Waals surface area contributed by atoms with E-state index in [0.717, 1.165) is 0 Å². The van der Waals surface area contributed by atoms with Gasteiger partial charge in [-0.15, -0.1) is 0 Å². The predicted octanol–water partition coefficient (Wildman–Crippen LogP) is 3.54. The van der Waals surface area contributed by atoms with Crippen LogP contribution in [0.5, 0.6) is 0 Å². The second kappa shape index (κ2) is 3.71. The van der Waals surface area contributed by atoms with E-state index < -0.39 is 0 Å². The first-order valence-corrected chi connectivity index (χ1v) is 4.97. The van der Waals surface area contributed by atoms with Gasteiger partial charge in [0.15, 0.2) is 0 Å². The summed E-state index contributed by atoms with van der Waals surface area (Å²) >= 11 is 4.61. The summed E-state index contributed by atoms with van der Waals surface area (Å²) in [6, 6.07) is 6.30. The highest BCUT2D eigenvalue weighted by Crippen LogP contribution is 2.16. The average Bonchev–Trinajstić information content (AvgIpc) is 1.88. The lowest BCUT2D eigenvalue weighted by atomic mass is 10.2. The Kier molecular flexibility index (Phi) is 3.16. The molecule has 0 aliphatic heterocycles. The number of halogens is 2. The Morgan fingerprint density at radius 1 is 1.30 bits per heavy atom. The fourth-order valence-corrected chi connectivity index (χ4v) is 2.49.